The Bertz CT molecular complexity index is 479. The molecule has 1 N–H and O–H groups in total. The van der Waals surface area contributed by atoms with Crippen LogP contribution >= 0.6 is 0 Å². The highest BCUT2D eigenvalue weighted by Gasteiger charge is 2.06. The summed E-state index contributed by atoms with van der Waals surface area (Å²) in [7, 11) is 0. The van der Waals surface area contributed by atoms with Crippen LogP contribution in [0.15, 0.2) is 54.6 Å². The molecule has 18 heavy (non-hydrogen) atoms. The third-order valence-corrected chi connectivity index (χ3v) is 2.84. The number of rotatable bonds is 5. The van der Waals surface area contributed by atoms with Crippen molar-refractivity contribution in [2.75, 3.05) is 0 Å². The molecule has 0 bridgehead atoms. The molecule has 2 nitrogen and oxygen atoms in total. The van der Waals surface area contributed by atoms with Crippen molar-refractivity contribution in [1.82, 2.24) is 5.48 Å². The van der Waals surface area contributed by atoms with Crippen LogP contribution in [0.3, 0.4) is 0 Å². The Morgan fingerprint density at radius 3 is 2.33 bits per heavy atom. The highest BCUT2D eigenvalue weighted by Crippen LogP contribution is 2.25. The van der Waals surface area contributed by atoms with Gasteiger partial charge in [0.2, 0.25) is 0 Å². The van der Waals surface area contributed by atoms with E-state index in [9.17, 15) is 0 Å². The van der Waals surface area contributed by atoms with Crippen molar-refractivity contribution >= 4 is 0 Å². The molecule has 0 unspecified atom stereocenters. The van der Waals surface area contributed by atoms with E-state index in [1.54, 1.807) is 0 Å². The van der Waals surface area contributed by atoms with E-state index in [-0.39, 0.29) is 0 Å². The quantitative estimate of drug-likeness (QED) is 0.802. The molecule has 0 heterocycles. The normalized spacial score (nSPS) is 10.6. The number of hydrogen-bond acceptors (Lipinski definition) is 2. The van der Waals surface area contributed by atoms with E-state index in [0.717, 1.165) is 5.75 Å². The third kappa shape index (κ3) is 3.34. The number of para-hydroxylation sites is 1. The lowest BCUT2D eigenvalue weighted by molar-refractivity contribution is 0.188. The summed E-state index contributed by atoms with van der Waals surface area (Å²) < 4.78 is 0. The summed E-state index contributed by atoms with van der Waals surface area (Å²) in [6.07, 6.45) is 0. The molecule has 0 spiro atoms. The van der Waals surface area contributed by atoms with Crippen molar-refractivity contribution in [2.45, 2.75) is 26.3 Å². The van der Waals surface area contributed by atoms with E-state index in [0.29, 0.717) is 12.5 Å². The Morgan fingerprint density at radius 1 is 0.944 bits per heavy atom. The standard InChI is InChI=1S/C16H19NO/c1-13(2)15-10-6-7-11-16(15)18-17-12-14-8-4-3-5-9-14/h3-11,13,17H,12H2,1-2H3. The fourth-order valence-corrected chi connectivity index (χ4v) is 1.84. The van der Waals surface area contributed by atoms with Crippen molar-refractivity contribution in [3.05, 3.63) is 65.7 Å². The Kier molecular flexibility index (Phi) is 4.37. The zero-order chi connectivity index (χ0) is 12.8. The zero-order valence-corrected chi connectivity index (χ0v) is 10.9. The summed E-state index contributed by atoms with van der Waals surface area (Å²) in [4.78, 5) is 5.65. The van der Waals surface area contributed by atoms with Gasteiger partial charge in [0.15, 0.2) is 5.75 Å². The smallest absolute Gasteiger partial charge is 0.150 e. The van der Waals surface area contributed by atoms with Crippen molar-refractivity contribution in [1.29, 1.82) is 0 Å². The van der Waals surface area contributed by atoms with Crippen LogP contribution in [0.1, 0.15) is 30.9 Å². The van der Waals surface area contributed by atoms with Crippen LogP contribution in [-0.2, 0) is 6.54 Å². The topological polar surface area (TPSA) is 21.3 Å². The van der Waals surface area contributed by atoms with Crippen LogP contribution in [0.4, 0.5) is 0 Å². The number of nitrogens with one attached hydrogen (secondary N) is 1. The van der Waals surface area contributed by atoms with Crippen LogP contribution in [-0.4, -0.2) is 0 Å². The second-order valence-corrected chi connectivity index (χ2v) is 4.60. The molecule has 0 aromatic heterocycles. The molecule has 0 atom stereocenters. The molecule has 0 aliphatic carbocycles. The van der Waals surface area contributed by atoms with Crippen LogP contribution in [0, 0.1) is 0 Å². The molecule has 94 valence electrons. The molecule has 2 heteroatoms. The summed E-state index contributed by atoms with van der Waals surface area (Å²) in [6.45, 7) is 5.03. The minimum atomic E-state index is 0.458. The maximum absolute atomic E-state index is 5.65. The molecule has 0 fully saturated rings. The van der Waals surface area contributed by atoms with Gasteiger partial charge in [-0.05, 0) is 23.1 Å². The fourth-order valence-electron chi connectivity index (χ4n) is 1.84. The maximum atomic E-state index is 5.65. The van der Waals surface area contributed by atoms with Crippen molar-refractivity contribution in [3.63, 3.8) is 0 Å². The van der Waals surface area contributed by atoms with Crippen LogP contribution < -0.4 is 10.3 Å². The molecular formula is C16H19NO. The molecule has 0 saturated heterocycles. The molecule has 0 aliphatic rings. The van der Waals surface area contributed by atoms with Gasteiger partial charge in [-0.3, -0.25) is 0 Å². The van der Waals surface area contributed by atoms with Crippen molar-refractivity contribution in [3.8, 4) is 5.75 Å². The molecule has 0 saturated carbocycles. The first-order chi connectivity index (χ1) is 8.77. The van der Waals surface area contributed by atoms with E-state index < -0.39 is 0 Å². The first-order valence-corrected chi connectivity index (χ1v) is 6.30. The molecule has 2 aromatic carbocycles. The highest BCUT2D eigenvalue weighted by molar-refractivity contribution is 5.35. The van der Waals surface area contributed by atoms with Gasteiger partial charge in [0.05, 0.1) is 6.54 Å². The third-order valence-electron chi connectivity index (χ3n) is 2.84. The van der Waals surface area contributed by atoms with Gasteiger partial charge in [-0.1, -0.05) is 62.4 Å². The van der Waals surface area contributed by atoms with Gasteiger partial charge in [-0.25, -0.2) is 0 Å². The molecular weight excluding hydrogens is 222 g/mol. The first-order valence-electron chi connectivity index (χ1n) is 6.30. The molecule has 0 radical (unpaired) electrons. The lowest BCUT2D eigenvalue weighted by atomic mass is 10.0. The maximum Gasteiger partial charge on any atom is 0.150 e. The molecule has 2 aromatic rings. The van der Waals surface area contributed by atoms with E-state index in [4.69, 9.17) is 4.84 Å². The first kappa shape index (κ1) is 12.7. The van der Waals surface area contributed by atoms with E-state index in [1.165, 1.54) is 11.1 Å². The van der Waals surface area contributed by atoms with E-state index in [1.807, 2.05) is 36.4 Å². The Hall–Kier alpha value is -1.80. The minimum Gasteiger partial charge on any atom is -0.408 e. The Balaban J connectivity index is 1.94. The largest absolute Gasteiger partial charge is 0.408 e. The fraction of sp³-hybridized carbons (Fsp3) is 0.250. The van der Waals surface area contributed by atoms with E-state index >= 15 is 0 Å². The predicted molar refractivity (Wildman–Crippen MR) is 74.4 cm³/mol. The average molecular weight is 241 g/mol. The number of benzene rings is 2. The number of hydroxylamine groups is 1. The second-order valence-electron chi connectivity index (χ2n) is 4.60. The number of hydrogen-bond donors (Lipinski definition) is 1. The average Bonchev–Trinajstić information content (AvgIpc) is 2.40. The van der Waals surface area contributed by atoms with Gasteiger partial charge < -0.3 is 4.84 Å². The second kappa shape index (κ2) is 6.22. The van der Waals surface area contributed by atoms with Crippen LogP contribution in [0.25, 0.3) is 0 Å². The zero-order valence-electron chi connectivity index (χ0n) is 10.9. The minimum absolute atomic E-state index is 0.458. The SMILES string of the molecule is CC(C)c1ccccc1ONCc1ccccc1. The summed E-state index contributed by atoms with van der Waals surface area (Å²) in [5.74, 6) is 1.36. The van der Waals surface area contributed by atoms with Crippen LogP contribution in [0.2, 0.25) is 0 Å². The Labute approximate surface area is 109 Å². The lowest BCUT2D eigenvalue weighted by Gasteiger charge is -2.13. The van der Waals surface area contributed by atoms with Crippen molar-refractivity contribution < 1.29 is 4.84 Å². The lowest BCUT2D eigenvalue weighted by Crippen LogP contribution is -2.18. The van der Waals surface area contributed by atoms with Gasteiger partial charge >= 0.3 is 0 Å². The summed E-state index contributed by atoms with van der Waals surface area (Å²) >= 11 is 0. The van der Waals surface area contributed by atoms with Gasteiger partial charge in [-0.15, -0.1) is 0 Å². The molecule has 0 amide bonds. The summed E-state index contributed by atoms with van der Waals surface area (Å²) in [6, 6.07) is 18.3. The summed E-state index contributed by atoms with van der Waals surface area (Å²) in [5.41, 5.74) is 5.44. The van der Waals surface area contributed by atoms with E-state index in [2.05, 4.69) is 37.5 Å². The molecule has 0 aliphatic heterocycles. The Morgan fingerprint density at radius 2 is 1.61 bits per heavy atom. The van der Waals surface area contributed by atoms with Crippen molar-refractivity contribution in [2.24, 2.45) is 0 Å². The summed E-state index contributed by atoms with van der Waals surface area (Å²) in [5, 5.41) is 0. The predicted octanol–water partition coefficient (Wildman–Crippen LogP) is 3.89. The molecule has 2 rings (SSSR count). The van der Waals surface area contributed by atoms with Gasteiger partial charge in [0.1, 0.15) is 0 Å². The van der Waals surface area contributed by atoms with Gasteiger partial charge in [0, 0.05) is 0 Å². The highest BCUT2D eigenvalue weighted by atomic mass is 16.6. The van der Waals surface area contributed by atoms with Gasteiger partial charge in [-0.2, -0.15) is 5.48 Å². The van der Waals surface area contributed by atoms with Crippen LogP contribution in [0.5, 0.6) is 5.75 Å². The monoisotopic (exact) mass is 241 g/mol. The van der Waals surface area contributed by atoms with Gasteiger partial charge in [0.25, 0.3) is 0 Å².